The van der Waals surface area contributed by atoms with E-state index in [0.29, 0.717) is 5.92 Å². The largest absolute Gasteiger partial charge is 0.388 e. The summed E-state index contributed by atoms with van der Waals surface area (Å²) in [7, 11) is 0. The number of thioether (sulfide) groups is 1. The molecule has 0 saturated heterocycles. The Hall–Kier alpha value is -0.470. The molecule has 0 heterocycles. The molecule has 1 saturated carbocycles. The van der Waals surface area contributed by atoms with Gasteiger partial charge in [-0.1, -0.05) is 19.1 Å². The maximum atomic E-state index is 9.94. The molecule has 1 aromatic carbocycles. The predicted octanol–water partition coefficient (Wildman–Crippen LogP) is 3.24. The normalized spacial score (nSPS) is 18.1. The second kappa shape index (κ2) is 4.37. The minimum absolute atomic E-state index is 0.229. The molecule has 1 atom stereocenters. The van der Waals surface area contributed by atoms with Crippen LogP contribution in [0.4, 0.5) is 0 Å². The summed E-state index contributed by atoms with van der Waals surface area (Å²) in [4.78, 5) is 1.27. The van der Waals surface area contributed by atoms with Gasteiger partial charge in [-0.05, 0) is 42.2 Å². The van der Waals surface area contributed by atoms with Crippen LogP contribution >= 0.6 is 11.8 Å². The van der Waals surface area contributed by atoms with Crippen LogP contribution in [0.3, 0.4) is 0 Å². The van der Waals surface area contributed by atoms with Crippen LogP contribution in [0.25, 0.3) is 0 Å². The van der Waals surface area contributed by atoms with E-state index in [1.54, 1.807) is 0 Å². The van der Waals surface area contributed by atoms with Crippen LogP contribution < -0.4 is 0 Å². The predicted molar refractivity (Wildman–Crippen MR) is 60.5 cm³/mol. The first-order chi connectivity index (χ1) is 6.81. The molecule has 2 heteroatoms. The van der Waals surface area contributed by atoms with Crippen molar-refractivity contribution in [1.82, 2.24) is 0 Å². The molecule has 1 N–H and O–H groups in total. The van der Waals surface area contributed by atoms with E-state index in [1.807, 2.05) is 23.9 Å². The summed E-state index contributed by atoms with van der Waals surface area (Å²) in [6.07, 6.45) is 2.14. The van der Waals surface area contributed by atoms with Crippen LogP contribution in [0.2, 0.25) is 0 Å². The van der Waals surface area contributed by atoms with Crippen LogP contribution in [0.5, 0.6) is 0 Å². The lowest BCUT2D eigenvalue weighted by atomic mass is 10.1. The molecule has 0 spiro atoms. The molecule has 1 aliphatic carbocycles. The van der Waals surface area contributed by atoms with E-state index in [1.165, 1.54) is 17.7 Å². The average molecular weight is 208 g/mol. The molecule has 14 heavy (non-hydrogen) atoms. The molecule has 2 rings (SSSR count). The van der Waals surface area contributed by atoms with Crippen LogP contribution in [0.1, 0.15) is 31.4 Å². The first kappa shape index (κ1) is 10.1. The molecular weight excluding hydrogens is 192 g/mol. The zero-order chi connectivity index (χ0) is 9.97. The molecule has 0 amide bonds. The molecule has 0 radical (unpaired) electrons. The maximum Gasteiger partial charge on any atom is 0.0818 e. The third-order valence-electron chi connectivity index (χ3n) is 2.58. The zero-order valence-corrected chi connectivity index (χ0v) is 9.26. The molecular formula is C12H16OS. The van der Waals surface area contributed by atoms with Crippen molar-refractivity contribution >= 4 is 11.8 Å². The van der Waals surface area contributed by atoms with Crippen molar-refractivity contribution in [2.75, 3.05) is 5.75 Å². The Morgan fingerprint density at radius 1 is 1.50 bits per heavy atom. The van der Waals surface area contributed by atoms with Crippen LogP contribution in [-0.2, 0) is 0 Å². The standard InChI is InChI=1S/C12H16OS/c1-2-14-11-5-3-4-10(8-11)12(13)9-6-7-9/h3-5,8-9,12-13H,2,6-7H2,1H3. The van der Waals surface area contributed by atoms with Crippen LogP contribution in [-0.4, -0.2) is 10.9 Å². The monoisotopic (exact) mass is 208 g/mol. The Labute approximate surface area is 89.5 Å². The van der Waals surface area contributed by atoms with Gasteiger partial charge in [-0.3, -0.25) is 0 Å². The summed E-state index contributed by atoms with van der Waals surface area (Å²) in [5.41, 5.74) is 1.09. The van der Waals surface area contributed by atoms with Gasteiger partial charge in [-0.15, -0.1) is 11.8 Å². The number of hydrogen-bond donors (Lipinski definition) is 1. The van der Waals surface area contributed by atoms with Gasteiger partial charge < -0.3 is 5.11 Å². The molecule has 1 aromatic rings. The lowest BCUT2D eigenvalue weighted by Gasteiger charge is -2.10. The van der Waals surface area contributed by atoms with E-state index >= 15 is 0 Å². The van der Waals surface area contributed by atoms with Gasteiger partial charge in [-0.2, -0.15) is 0 Å². The van der Waals surface area contributed by atoms with Crippen LogP contribution in [0.15, 0.2) is 29.2 Å². The fourth-order valence-corrected chi connectivity index (χ4v) is 2.37. The fraction of sp³-hybridized carbons (Fsp3) is 0.500. The molecule has 0 aliphatic heterocycles. The molecule has 1 nitrogen and oxygen atoms in total. The minimum atomic E-state index is -0.229. The summed E-state index contributed by atoms with van der Waals surface area (Å²) in [6, 6.07) is 8.30. The third kappa shape index (κ3) is 2.31. The topological polar surface area (TPSA) is 20.2 Å². The third-order valence-corrected chi connectivity index (χ3v) is 3.46. The molecule has 1 aliphatic rings. The number of aliphatic hydroxyl groups is 1. The van der Waals surface area contributed by atoms with Gasteiger partial charge in [0, 0.05) is 4.90 Å². The Morgan fingerprint density at radius 2 is 2.29 bits per heavy atom. The lowest BCUT2D eigenvalue weighted by molar-refractivity contribution is 0.153. The summed E-state index contributed by atoms with van der Waals surface area (Å²) >= 11 is 1.83. The molecule has 0 bridgehead atoms. The number of benzene rings is 1. The average Bonchev–Trinajstić information content (AvgIpc) is 3.01. The Balaban J connectivity index is 2.12. The zero-order valence-electron chi connectivity index (χ0n) is 8.44. The van der Waals surface area contributed by atoms with Crippen molar-refractivity contribution < 1.29 is 5.11 Å². The second-order valence-corrected chi connectivity index (χ2v) is 5.13. The summed E-state index contributed by atoms with van der Waals surface area (Å²) in [5, 5.41) is 9.94. The summed E-state index contributed by atoms with van der Waals surface area (Å²) < 4.78 is 0. The van der Waals surface area contributed by atoms with Crippen molar-refractivity contribution in [3.05, 3.63) is 29.8 Å². The van der Waals surface area contributed by atoms with Crippen molar-refractivity contribution in [3.63, 3.8) is 0 Å². The number of aliphatic hydroxyl groups excluding tert-OH is 1. The lowest BCUT2D eigenvalue weighted by Crippen LogP contribution is -1.99. The highest BCUT2D eigenvalue weighted by atomic mass is 32.2. The van der Waals surface area contributed by atoms with Crippen molar-refractivity contribution in [2.24, 2.45) is 5.92 Å². The van der Waals surface area contributed by atoms with Crippen molar-refractivity contribution in [2.45, 2.75) is 30.8 Å². The van der Waals surface area contributed by atoms with E-state index in [0.717, 1.165) is 11.3 Å². The smallest absolute Gasteiger partial charge is 0.0818 e. The Kier molecular flexibility index (Phi) is 3.14. The number of rotatable bonds is 4. The molecule has 1 fully saturated rings. The van der Waals surface area contributed by atoms with Crippen molar-refractivity contribution in [3.8, 4) is 0 Å². The first-order valence-corrected chi connectivity index (χ1v) is 6.20. The van der Waals surface area contributed by atoms with E-state index in [4.69, 9.17) is 0 Å². The minimum Gasteiger partial charge on any atom is -0.388 e. The van der Waals surface area contributed by atoms with Gasteiger partial charge in [0.25, 0.3) is 0 Å². The van der Waals surface area contributed by atoms with Gasteiger partial charge in [0.05, 0.1) is 6.10 Å². The second-order valence-electron chi connectivity index (χ2n) is 3.79. The van der Waals surface area contributed by atoms with E-state index < -0.39 is 0 Å². The van der Waals surface area contributed by atoms with Gasteiger partial charge in [0.1, 0.15) is 0 Å². The quantitative estimate of drug-likeness (QED) is 0.766. The van der Waals surface area contributed by atoms with Gasteiger partial charge in [-0.25, -0.2) is 0 Å². The first-order valence-electron chi connectivity index (χ1n) is 5.22. The highest BCUT2D eigenvalue weighted by Crippen LogP contribution is 2.41. The maximum absolute atomic E-state index is 9.94. The Morgan fingerprint density at radius 3 is 2.93 bits per heavy atom. The highest BCUT2D eigenvalue weighted by molar-refractivity contribution is 7.99. The number of hydrogen-bond acceptors (Lipinski definition) is 2. The Bertz CT molecular complexity index is 307. The van der Waals surface area contributed by atoms with E-state index in [2.05, 4.69) is 19.1 Å². The SMILES string of the molecule is CCSc1cccc(C(O)C2CC2)c1. The fourth-order valence-electron chi connectivity index (χ4n) is 1.64. The summed E-state index contributed by atoms with van der Waals surface area (Å²) in [5.74, 6) is 1.61. The van der Waals surface area contributed by atoms with E-state index in [9.17, 15) is 5.11 Å². The van der Waals surface area contributed by atoms with Crippen molar-refractivity contribution in [1.29, 1.82) is 0 Å². The highest BCUT2D eigenvalue weighted by Gasteiger charge is 2.30. The van der Waals surface area contributed by atoms with Crippen LogP contribution in [0, 0.1) is 5.92 Å². The van der Waals surface area contributed by atoms with Gasteiger partial charge in [0.2, 0.25) is 0 Å². The molecule has 1 unspecified atom stereocenters. The summed E-state index contributed by atoms with van der Waals surface area (Å²) in [6.45, 7) is 2.15. The van der Waals surface area contributed by atoms with Gasteiger partial charge >= 0.3 is 0 Å². The molecule has 0 aromatic heterocycles. The van der Waals surface area contributed by atoms with E-state index in [-0.39, 0.29) is 6.10 Å². The van der Waals surface area contributed by atoms with Gasteiger partial charge in [0.15, 0.2) is 0 Å². The molecule has 76 valence electrons.